The van der Waals surface area contributed by atoms with Crippen molar-refractivity contribution < 1.29 is 27.2 Å². The third-order valence-corrected chi connectivity index (χ3v) is 6.61. The molecule has 1 fully saturated rings. The lowest BCUT2D eigenvalue weighted by Crippen LogP contribution is -2.41. The summed E-state index contributed by atoms with van der Waals surface area (Å²) in [5, 5.41) is 0. The Bertz CT molecular complexity index is 976. The first kappa shape index (κ1) is 21.4. The van der Waals surface area contributed by atoms with Gasteiger partial charge in [-0.25, -0.2) is 8.42 Å². The van der Waals surface area contributed by atoms with E-state index in [4.69, 9.17) is 18.8 Å². The van der Waals surface area contributed by atoms with Crippen LogP contribution >= 0.6 is 0 Å². The molecule has 2 heterocycles. The monoisotopic (exact) mass is 420 g/mol. The van der Waals surface area contributed by atoms with Crippen molar-refractivity contribution in [2.45, 2.75) is 43.8 Å². The molecule has 0 aliphatic carbocycles. The average molecular weight is 420 g/mol. The molecular weight excluding hydrogens is 395 g/mol. The second-order valence-corrected chi connectivity index (χ2v) is 9.33. The summed E-state index contributed by atoms with van der Waals surface area (Å²) >= 11 is 0. The minimum Gasteiger partial charge on any atom is -0.497 e. The number of rotatable bonds is 6. The molecule has 0 radical (unpaired) electrons. The molecule has 0 spiro atoms. The summed E-state index contributed by atoms with van der Waals surface area (Å²) in [4.78, 5) is 3.98. The predicted octanol–water partition coefficient (Wildman–Crippen LogP) is 2.20. The highest BCUT2D eigenvalue weighted by Crippen LogP contribution is 2.37. The molecule has 1 aliphatic heterocycles. The molecular formula is C19H25BN2O6S. The van der Waals surface area contributed by atoms with E-state index in [9.17, 15) is 8.42 Å². The van der Waals surface area contributed by atoms with Crippen molar-refractivity contribution in [3.63, 3.8) is 0 Å². The highest BCUT2D eigenvalue weighted by Gasteiger charge is 2.53. The van der Waals surface area contributed by atoms with Gasteiger partial charge in [0.25, 0.3) is 10.0 Å². The first-order valence-electron chi connectivity index (χ1n) is 9.05. The van der Waals surface area contributed by atoms with Gasteiger partial charge in [-0.05, 0) is 52.0 Å². The van der Waals surface area contributed by atoms with Gasteiger partial charge in [-0.1, -0.05) is 0 Å². The number of nitrogens with one attached hydrogen (secondary N) is 1. The predicted molar refractivity (Wildman–Crippen MR) is 110 cm³/mol. The SMILES string of the molecule is COc1ccc(NS(=O)(=O)c2cncc(B3OC(C)(C)C(C)(C)O3)c2OC)cc1. The Morgan fingerprint density at radius 1 is 0.966 bits per heavy atom. The number of aromatic nitrogens is 1. The van der Waals surface area contributed by atoms with E-state index in [0.29, 0.717) is 16.9 Å². The van der Waals surface area contributed by atoms with E-state index in [-0.39, 0.29) is 10.6 Å². The van der Waals surface area contributed by atoms with Crippen LogP contribution in [0, 0.1) is 0 Å². The van der Waals surface area contributed by atoms with Crippen molar-refractivity contribution in [2.24, 2.45) is 0 Å². The summed E-state index contributed by atoms with van der Waals surface area (Å²) < 4.78 is 51.2. The first-order valence-corrected chi connectivity index (χ1v) is 10.5. The molecule has 156 valence electrons. The largest absolute Gasteiger partial charge is 0.500 e. The lowest BCUT2D eigenvalue weighted by atomic mass is 9.79. The number of hydrogen-bond donors (Lipinski definition) is 1. The van der Waals surface area contributed by atoms with Crippen molar-refractivity contribution in [2.75, 3.05) is 18.9 Å². The van der Waals surface area contributed by atoms with Crippen molar-refractivity contribution >= 4 is 28.3 Å². The summed E-state index contributed by atoms with van der Waals surface area (Å²) in [6.45, 7) is 7.66. The van der Waals surface area contributed by atoms with Crippen LogP contribution in [-0.4, -0.2) is 45.9 Å². The van der Waals surface area contributed by atoms with Crippen molar-refractivity contribution in [3.8, 4) is 11.5 Å². The molecule has 10 heteroatoms. The van der Waals surface area contributed by atoms with Crippen LogP contribution in [0.25, 0.3) is 0 Å². The Hall–Kier alpha value is -2.30. The second-order valence-electron chi connectivity index (χ2n) is 7.68. The Kier molecular flexibility index (Phi) is 5.55. The van der Waals surface area contributed by atoms with E-state index >= 15 is 0 Å². The van der Waals surface area contributed by atoms with Gasteiger partial charge in [0, 0.05) is 17.3 Å². The van der Waals surface area contributed by atoms with Crippen LogP contribution in [0.4, 0.5) is 5.69 Å². The fourth-order valence-electron chi connectivity index (χ4n) is 2.86. The molecule has 29 heavy (non-hydrogen) atoms. The molecule has 1 aliphatic rings. The smallest absolute Gasteiger partial charge is 0.497 e. The maximum Gasteiger partial charge on any atom is 0.500 e. The standard InChI is InChI=1S/C19H25BN2O6S/c1-18(2)19(3,4)28-20(27-18)15-11-21-12-16(17(15)26-6)29(23,24)22-13-7-9-14(25-5)10-8-13/h7-12,22H,1-6H3. The molecule has 1 N–H and O–H groups in total. The minimum atomic E-state index is -3.97. The number of methoxy groups -OCH3 is 2. The topological polar surface area (TPSA) is 96.0 Å². The highest BCUT2D eigenvalue weighted by atomic mass is 32.2. The van der Waals surface area contributed by atoms with Crippen LogP contribution in [0.15, 0.2) is 41.6 Å². The van der Waals surface area contributed by atoms with E-state index in [1.807, 2.05) is 27.7 Å². The molecule has 0 bridgehead atoms. The minimum absolute atomic E-state index is 0.108. The molecule has 3 rings (SSSR count). The Morgan fingerprint density at radius 2 is 1.55 bits per heavy atom. The lowest BCUT2D eigenvalue weighted by Gasteiger charge is -2.32. The van der Waals surface area contributed by atoms with Crippen LogP contribution in [0.3, 0.4) is 0 Å². The maximum absolute atomic E-state index is 13.0. The molecule has 0 amide bonds. The van der Waals surface area contributed by atoms with Crippen LogP contribution in [-0.2, 0) is 19.3 Å². The number of anilines is 1. The van der Waals surface area contributed by atoms with Crippen LogP contribution in [0.5, 0.6) is 11.5 Å². The summed E-state index contributed by atoms with van der Waals surface area (Å²) in [6.07, 6.45) is 2.73. The molecule has 0 atom stereocenters. The summed E-state index contributed by atoms with van der Waals surface area (Å²) in [5.74, 6) is 0.745. The quantitative estimate of drug-likeness (QED) is 0.716. The Morgan fingerprint density at radius 3 is 2.07 bits per heavy atom. The third kappa shape index (κ3) is 4.05. The van der Waals surface area contributed by atoms with E-state index in [1.165, 1.54) is 26.6 Å². The summed E-state index contributed by atoms with van der Waals surface area (Å²) in [5.41, 5.74) is -0.379. The molecule has 0 saturated carbocycles. The molecule has 2 aromatic rings. The Balaban J connectivity index is 1.97. The van der Waals surface area contributed by atoms with Crippen molar-refractivity contribution in [1.82, 2.24) is 4.98 Å². The second kappa shape index (κ2) is 7.51. The van der Waals surface area contributed by atoms with Crippen LogP contribution < -0.4 is 19.7 Å². The zero-order valence-corrected chi connectivity index (χ0v) is 18.2. The number of benzene rings is 1. The van der Waals surface area contributed by atoms with Gasteiger partial charge >= 0.3 is 7.12 Å². The van der Waals surface area contributed by atoms with Gasteiger partial charge in [0.2, 0.25) is 0 Å². The van der Waals surface area contributed by atoms with Crippen LogP contribution in [0.2, 0.25) is 0 Å². The Labute approximate surface area is 171 Å². The third-order valence-electron chi connectivity index (χ3n) is 5.23. The molecule has 1 aromatic heterocycles. The fourth-order valence-corrected chi connectivity index (χ4v) is 4.06. The molecule has 1 aromatic carbocycles. The molecule has 1 saturated heterocycles. The number of sulfonamides is 1. The lowest BCUT2D eigenvalue weighted by molar-refractivity contribution is 0.00578. The van der Waals surface area contributed by atoms with Gasteiger partial charge in [0.15, 0.2) is 0 Å². The average Bonchev–Trinajstić information content (AvgIpc) is 2.88. The van der Waals surface area contributed by atoms with Gasteiger partial charge in [-0.15, -0.1) is 0 Å². The van der Waals surface area contributed by atoms with Gasteiger partial charge in [-0.3, -0.25) is 9.71 Å². The van der Waals surface area contributed by atoms with Gasteiger partial charge in [0.05, 0.1) is 31.6 Å². The van der Waals surface area contributed by atoms with E-state index < -0.39 is 28.3 Å². The first-order chi connectivity index (χ1) is 13.5. The number of hydrogen-bond acceptors (Lipinski definition) is 7. The van der Waals surface area contributed by atoms with E-state index in [2.05, 4.69) is 9.71 Å². The van der Waals surface area contributed by atoms with Gasteiger partial charge < -0.3 is 18.8 Å². The van der Waals surface area contributed by atoms with Gasteiger partial charge in [-0.2, -0.15) is 0 Å². The number of pyridine rings is 1. The van der Waals surface area contributed by atoms with Crippen LogP contribution in [0.1, 0.15) is 27.7 Å². The normalized spacial score (nSPS) is 17.8. The van der Waals surface area contributed by atoms with E-state index in [0.717, 1.165) is 0 Å². The van der Waals surface area contributed by atoms with E-state index in [1.54, 1.807) is 24.3 Å². The zero-order chi connectivity index (χ0) is 21.4. The van der Waals surface area contributed by atoms with Crippen molar-refractivity contribution in [3.05, 3.63) is 36.7 Å². The summed E-state index contributed by atoms with van der Waals surface area (Å²) in [6, 6.07) is 6.53. The molecule has 0 unspecified atom stereocenters. The fraction of sp³-hybridized carbons (Fsp3) is 0.421. The zero-order valence-electron chi connectivity index (χ0n) is 17.3. The highest BCUT2D eigenvalue weighted by molar-refractivity contribution is 7.92. The van der Waals surface area contributed by atoms with Crippen molar-refractivity contribution in [1.29, 1.82) is 0 Å². The van der Waals surface area contributed by atoms with Gasteiger partial charge in [0.1, 0.15) is 16.4 Å². The number of ether oxygens (including phenoxy) is 2. The summed E-state index contributed by atoms with van der Waals surface area (Å²) in [7, 11) is -1.84. The number of nitrogens with zero attached hydrogens (tertiary/aromatic N) is 1. The maximum atomic E-state index is 13.0. The molecule has 8 nitrogen and oxygen atoms in total.